The highest BCUT2D eigenvalue weighted by Crippen LogP contribution is 2.25. The minimum absolute atomic E-state index is 0.394. The van der Waals surface area contributed by atoms with Crippen molar-refractivity contribution in [3.8, 4) is 5.75 Å². The second-order valence-corrected chi connectivity index (χ2v) is 8.55. The van der Waals surface area contributed by atoms with Crippen LogP contribution in [0, 0.1) is 13.8 Å². The van der Waals surface area contributed by atoms with Crippen LogP contribution in [0.3, 0.4) is 0 Å². The number of allylic oxidation sites excluding steroid dienone is 1. The summed E-state index contributed by atoms with van der Waals surface area (Å²) >= 11 is 0. The molecule has 30 heavy (non-hydrogen) atoms. The van der Waals surface area contributed by atoms with Gasteiger partial charge < -0.3 is 14.4 Å². The molecule has 7 heteroatoms. The van der Waals surface area contributed by atoms with E-state index < -0.39 is 0 Å². The molecule has 2 aliphatic heterocycles. The van der Waals surface area contributed by atoms with Gasteiger partial charge in [-0.15, -0.1) is 10.2 Å². The zero-order valence-corrected chi connectivity index (χ0v) is 18.4. The maximum atomic E-state index is 6.12. The molecule has 1 aromatic carbocycles. The molecule has 0 bridgehead atoms. The van der Waals surface area contributed by atoms with Gasteiger partial charge in [-0.1, -0.05) is 24.3 Å². The van der Waals surface area contributed by atoms with Gasteiger partial charge in [-0.25, -0.2) is 0 Å². The molecule has 0 spiro atoms. The highest BCUT2D eigenvalue weighted by atomic mass is 16.5. The average Bonchev–Trinajstić information content (AvgIpc) is 3.36. The molecule has 0 saturated carbocycles. The molecule has 1 unspecified atom stereocenters. The van der Waals surface area contributed by atoms with Crippen LogP contribution in [-0.2, 0) is 17.9 Å². The molecule has 0 amide bonds. The SMILES string of the molecule is C=C(C)Cn1c(COc2cc(C)ccc2C)nnc1N1CCC(N2CCOCC2)C1. The molecule has 0 aliphatic carbocycles. The second kappa shape index (κ2) is 9.18. The third-order valence-corrected chi connectivity index (χ3v) is 5.94. The molecule has 4 rings (SSSR count). The van der Waals surface area contributed by atoms with Crippen LogP contribution < -0.4 is 9.64 Å². The first-order valence-electron chi connectivity index (χ1n) is 10.8. The third kappa shape index (κ3) is 4.68. The van der Waals surface area contributed by atoms with Crippen molar-refractivity contribution in [3.63, 3.8) is 0 Å². The number of morpholine rings is 1. The fraction of sp³-hybridized carbons (Fsp3) is 0.565. The summed E-state index contributed by atoms with van der Waals surface area (Å²) in [4.78, 5) is 4.91. The first-order chi connectivity index (χ1) is 14.5. The van der Waals surface area contributed by atoms with E-state index >= 15 is 0 Å². The molecule has 1 atom stereocenters. The molecule has 3 heterocycles. The zero-order chi connectivity index (χ0) is 21.1. The van der Waals surface area contributed by atoms with Crippen molar-refractivity contribution in [1.82, 2.24) is 19.7 Å². The van der Waals surface area contributed by atoms with Crippen LogP contribution >= 0.6 is 0 Å². The van der Waals surface area contributed by atoms with E-state index in [1.54, 1.807) is 0 Å². The normalized spacial score (nSPS) is 20.0. The monoisotopic (exact) mass is 411 g/mol. The predicted octanol–water partition coefficient (Wildman–Crippen LogP) is 2.96. The quantitative estimate of drug-likeness (QED) is 0.653. The number of aryl methyl sites for hydroxylation is 2. The maximum Gasteiger partial charge on any atom is 0.227 e. The Hall–Kier alpha value is -2.38. The summed E-state index contributed by atoms with van der Waals surface area (Å²) in [6.45, 7) is 17.1. The van der Waals surface area contributed by atoms with Crippen molar-refractivity contribution >= 4 is 5.95 Å². The van der Waals surface area contributed by atoms with E-state index in [4.69, 9.17) is 9.47 Å². The van der Waals surface area contributed by atoms with Gasteiger partial charge >= 0.3 is 0 Å². The van der Waals surface area contributed by atoms with E-state index in [0.717, 1.165) is 74.5 Å². The molecule has 0 radical (unpaired) electrons. The van der Waals surface area contributed by atoms with Gasteiger partial charge in [0.25, 0.3) is 0 Å². The molecular weight excluding hydrogens is 378 g/mol. The number of aromatic nitrogens is 3. The maximum absolute atomic E-state index is 6.12. The number of hydrogen-bond donors (Lipinski definition) is 0. The molecule has 2 fully saturated rings. The van der Waals surface area contributed by atoms with E-state index in [1.807, 2.05) is 6.92 Å². The fourth-order valence-electron chi connectivity index (χ4n) is 4.27. The van der Waals surface area contributed by atoms with Gasteiger partial charge in [0.1, 0.15) is 12.4 Å². The lowest BCUT2D eigenvalue weighted by atomic mass is 10.1. The average molecular weight is 412 g/mol. The highest BCUT2D eigenvalue weighted by Gasteiger charge is 2.31. The second-order valence-electron chi connectivity index (χ2n) is 8.55. The minimum atomic E-state index is 0.394. The number of nitrogens with zero attached hydrogens (tertiary/aromatic N) is 5. The lowest BCUT2D eigenvalue weighted by molar-refractivity contribution is 0.0209. The van der Waals surface area contributed by atoms with Crippen molar-refractivity contribution in [2.24, 2.45) is 0 Å². The Bertz CT molecular complexity index is 888. The van der Waals surface area contributed by atoms with Crippen molar-refractivity contribution in [3.05, 3.63) is 47.3 Å². The predicted molar refractivity (Wildman–Crippen MR) is 118 cm³/mol. The van der Waals surface area contributed by atoms with Crippen molar-refractivity contribution in [2.45, 2.75) is 46.4 Å². The van der Waals surface area contributed by atoms with Gasteiger partial charge in [-0.3, -0.25) is 9.47 Å². The summed E-state index contributed by atoms with van der Waals surface area (Å²) in [5.74, 6) is 2.66. The van der Waals surface area contributed by atoms with Crippen LogP contribution in [0.2, 0.25) is 0 Å². The summed E-state index contributed by atoms with van der Waals surface area (Å²) < 4.78 is 13.8. The summed E-state index contributed by atoms with van der Waals surface area (Å²) in [5.41, 5.74) is 3.39. The van der Waals surface area contributed by atoms with Gasteiger partial charge in [0.05, 0.1) is 13.2 Å². The van der Waals surface area contributed by atoms with E-state index in [2.05, 4.69) is 63.2 Å². The van der Waals surface area contributed by atoms with Gasteiger partial charge in [-0.05, 0) is 44.4 Å². The number of ether oxygens (including phenoxy) is 2. The fourth-order valence-corrected chi connectivity index (χ4v) is 4.27. The Morgan fingerprint density at radius 1 is 1.20 bits per heavy atom. The first-order valence-corrected chi connectivity index (χ1v) is 10.8. The first kappa shape index (κ1) is 20.9. The van der Waals surface area contributed by atoms with Gasteiger partial charge in [-0.2, -0.15) is 0 Å². The van der Waals surface area contributed by atoms with Crippen LogP contribution in [0.15, 0.2) is 30.4 Å². The van der Waals surface area contributed by atoms with E-state index in [1.165, 1.54) is 5.56 Å². The van der Waals surface area contributed by atoms with Gasteiger partial charge in [0.15, 0.2) is 5.82 Å². The zero-order valence-electron chi connectivity index (χ0n) is 18.4. The Labute approximate surface area is 179 Å². The molecule has 7 nitrogen and oxygen atoms in total. The van der Waals surface area contributed by atoms with E-state index in [-0.39, 0.29) is 0 Å². The Morgan fingerprint density at radius 3 is 2.77 bits per heavy atom. The largest absolute Gasteiger partial charge is 0.485 e. The Balaban J connectivity index is 1.49. The lowest BCUT2D eigenvalue weighted by Gasteiger charge is -2.32. The topological polar surface area (TPSA) is 55.7 Å². The van der Waals surface area contributed by atoms with E-state index in [9.17, 15) is 0 Å². The summed E-state index contributed by atoms with van der Waals surface area (Å²) in [5, 5.41) is 9.05. The molecule has 1 aromatic heterocycles. The number of hydrogen-bond acceptors (Lipinski definition) is 6. The van der Waals surface area contributed by atoms with Crippen LogP contribution in [0.25, 0.3) is 0 Å². The highest BCUT2D eigenvalue weighted by molar-refractivity contribution is 5.37. The molecular formula is C23H33N5O2. The number of rotatable bonds is 7. The Kier molecular flexibility index (Phi) is 6.39. The molecule has 0 N–H and O–H groups in total. The standard InChI is InChI=1S/C23H33N5O2/c1-17(2)14-28-22(16-30-21-13-18(3)5-6-19(21)4)24-25-23(28)27-8-7-20(15-27)26-9-11-29-12-10-26/h5-6,13,20H,1,7-12,14-16H2,2-4H3. The van der Waals surface area contributed by atoms with Gasteiger partial charge in [0.2, 0.25) is 5.95 Å². The van der Waals surface area contributed by atoms with Crippen LogP contribution in [0.4, 0.5) is 5.95 Å². The van der Waals surface area contributed by atoms with Crippen molar-refractivity contribution < 1.29 is 9.47 Å². The van der Waals surface area contributed by atoms with Crippen molar-refractivity contribution in [2.75, 3.05) is 44.3 Å². The van der Waals surface area contributed by atoms with E-state index in [0.29, 0.717) is 19.2 Å². The smallest absolute Gasteiger partial charge is 0.227 e. The van der Waals surface area contributed by atoms with Crippen LogP contribution in [0.5, 0.6) is 5.75 Å². The molecule has 2 aliphatic rings. The summed E-state index contributed by atoms with van der Waals surface area (Å²) in [7, 11) is 0. The Morgan fingerprint density at radius 2 is 2.00 bits per heavy atom. The molecule has 2 aromatic rings. The number of benzene rings is 1. The number of anilines is 1. The molecule has 2 saturated heterocycles. The summed E-state index contributed by atoms with van der Waals surface area (Å²) in [6, 6.07) is 6.81. The van der Waals surface area contributed by atoms with Gasteiger partial charge in [0, 0.05) is 38.8 Å². The minimum Gasteiger partial charge on any atom is -0.485 e. The van der Waals surface area contributed by atoms with Crippen molar-refractivity contribution in [1.29, 1.82) is 0 Å². The lowest BCUT2D eigenvalue weighted by Crippen LogP contribution is -2.44. The van der Waals surface area contributed by atoms with Crippen LogP contribution in [-0.4, -0.2) is 65.1 Å². The third-order valence-electron chi connectivity index (χ3n) is 5.94. The molecule has 162 valence electrons. The summed E-state index contributed by atoms with van der Waals surface area (Å²) in [6.07, 6.45) is 1.15. The van der Waals surface area contributed by atoms with Crippen LogP contribution in [0.1, 0.15) is 30.3 Å².